The van der Waals surface area contributed by atoms with Crippen molar-refractivity contribution in [3.63, 3.8) is 0 Å². The molecular weight excluding hydrogens is 165 g/mol. The average Bonchev–Trinajstić information content (AvgIpc) is 2.32. The quantitative estimate of drug-likeness (QED) is 0.656. The van der Waals surface area contributed by atoms with Crippen LogP contribution in [0.4, 0.5) is 13.2 Å². The van der Waals surface area contributed by atoms with Crippen LogP contribution >= 0.6 is 0 Å². The first-order valence-electron chi connectivity index (χ1n) is 2.47. The Balaban J connectivity index is 2.35. The maximum Gasteiger partial charge on any atom is 0.523 e. The van der Waals surface area contributed by atoms with Gasteiger partial charge in [-0.25, -0.2) is 0 Å². The standard InChI is InChI=1S/C4H2F3N2O2/c5-4(6,7)11-1-3-9-8-2-10-3/h1H2. The highest BCUT2D eigenvalue weighted by Crippen LogP contribution is 2.17. The summed E-state index contributed by atoms with van der Waals surface area (Å²) in [7, 11) is 0. The Morgan fingerprint density at radius 2 is 2.27 bits per heavy atom. The molecule has 0 bridgehead atoms. The summed E-state index contributed by atoms with van der Waals surface area (Å²) in [5.41, 5.74) is 0. The van der Waals surface area contributed by atoms with Gasteiger partial charge in [-0.15, -0.1) is 23.4 Å². The van der Waals surface area contributed by atoms with Crippen LogP contribution in [0.25, 0.3) is 0 Å². The minimum Gasteiger partial charge on any atom is -0.414 e. The van der Waals surface area contributed by atoms with Gasteiger partial charge >= 0.3 is 12.8 Å². The lowest BCUT2D eigenvalue weighted by Crippen LogP contribution is -2.12. The molecule has 0 aliphatic rings. The Morgan fingerprint density at radius 3 is 2.73 bits per heavy atom. The van der Waals surface area contributed by atoms with Crippen molar-refractivity contribution in [2.24, 2.45) is 0 Å². The van der Waals surface area contributed by atoms with Gasteiger partial charge in [0.25, 0.3) is 0 Å². The second-order valence-electron chi connectivity index (χ2n) is 1.52. The molecule has 0 fully saturated rings. The lowest BCUT2D eigenvalue weighted by Gasteiger charge is -2.02. The summed E-state index contributed by atoms with van der Waals surface area (Å²) in [4.78, 5) is 0. The molecule has 1 aromatic rings. The zero-order valence-corrected chi connectivity index (χ0v) is 5.05. The van der Waals surface area contributed by atoms with E-state index in [9.17, 15) is 13.2 Å². The van der Waals surface area contributed by atoms with E-state index in [2.05, 4.69) is 19.4 Å². The summed E-state index contributed by atoms with van der Waals surface area (Å²) in [6, 6.07) is 0. The van der Waals surface area contributed by atoms with Crippen molar-refractivity contribution in [3.05, 3.63) is 12.3 Å². The molecule has 61 valence electrons. The van der Waals surface area contributed by atoms with E-state index in [1.807, 2.05) is 6.39 Å². The van der Waals surface area contributed by atoms with Crippen molar-refractivity contribution in [2.45, 2.75) is 13.0 Å². The summed E-state index contributed by atoms with van der Waals surface area (Å²) in [5.74, 6) is -0.262. The maximum atomic E-state index is 11.3. The van der Waals surface area contributed by atoms with E-state index in [0.29, 0.717) is 0 Å². The summed E-state index contributed by atoms with van der Waals surface area (Å²) in [6.45, 7) is -0.778. The molecule has 1 rings (SSSR count). The fourth-order valence-corrected chi connectivity index (χ4v) is 0.372. The predicted molar refractivity (Wildman–Crippen MR) is 24.0 cm³/mol. The maximum absolute atomic E-state index is 11.3. The van der Waals surface area contributed by atoms with E-state index < -0.39 is 13.0 Å². The Hall–Kier alpha value is -1.11. The van der Waals surface area contributed by atoms with Crippen molar-refractivity contribution in [1.29, 1.82) is 0 Å². The number of rotatable bonds is 2. The highest BCUT2D eigenvalue weighted by atomic mass is 19.4. The molecule has 0 aromatic carbocycles. The molecule has 0 aliphatic carbocycles. The van der Waals surface area contributed by atoms with Crippen molar-refractivity contribution in [2.75, 3.05) is 0 Å². The molecule has 1 aromatic heterocycles. The van der Waals surface area contributed by atoms with Crippen molar-refractivity contribution >= 4 is 0 Å². The normalized spacial score (nSPS) is 11.9. The Labute approximate surface area is 59.0 Å². The highest BCUT2D eigenvalue weighted by molar-refractivity contribution is 4.66. The SMILES string of the molecule is FC(F)(F)OCc1nn[c]o1. The van der Waals surface area contributed by atoms with Crippen LogP contribution in [-0.4, -0.2) is 16.6 Å². The van der Waals surface area contributed by atoms with Gasteiger partial charge in [-0.2, -0.15) is 0 Å². The van der Waals surface area contributed by atoms with Crippen molar-refractivity contribution in [1.82, 2.24) is 10.2 Å². The van der Waals surface area contributed by atoms with Gasteiger partial charge in [0, 0.05) is 0 Å². The summed E-state index contributed by atoms with van der Waals surface area (Å²) in [5, 5.41) is 6.16. The summed E-state index contributed by atoms with van der Waals surface area (Å²) in [6.07, 6.45) is -2.79. The second-order valence-corrected chi connectivity index (χ2v) is 1.52. The van der Waals surface area contributed by atoms with E-state index in [4.69, 9.17) is 0 Å². The Bertz CT molecular complexity index is 208. The van der Waals surface area contributed by atoms with Crippen molar-refractivity contribution < 1.29 is 22.3 Å². The van der Waals surface area contributed by atoms with Crippen LogP contribution in [-0.2, 0) is 11.3 Å². The molecule has 0 aliphatic heterocycles. The average molecular weight is 167 g/mol. The van der Waals surface area contributed by atoms with Gasteiger partial charge in [-0.05, 0) is 0 Å². The molecule has 0 saturated carbocycles. The predicted octanol–water partition coefficient (Wildman–Crippen LogP) is 0.906. The number of alkyl halides is 3. The van der Waals surface area contributed by atoms with Crippen LogP contribution in [0.5, 0.6) is 0 Å². The van der Waals surface area contributed by atoms with Crippen LogP contribution in [0.3, 0.4) is 0 Å². The molecule has 0 unspecified atom stereocenters. The third-order valence-electron chi connectivity index (χ3n) is 0.725. The number of ether oxygens (including phenoxy) is 1. The number of hydrogen-bond acceptors (Lipinski definition) is 4. The zero-order chi connectivity index (χ0) is 8.32. The minimum absolute atomic E-state index is 0.262. The van der Waals surface area contributed by atoms with E-state index in [1.165, 1.54) is 0 Å². The van der Waals surface area contributed by atoms with Crippen LogP contribution in [0, 0.1) is 6.39 Å². The molecule has 4 nitrogen and oxygen atoms in total. The smallest absolute Gasteiger partial charge is 0.414 e. The largest absolute Gasteiger partial charge is 0.523 e. The van der Waals surface area contributed by atoms with Gasteiger partial charge in [0.15, 0.2) is 0 Å². The second kappa shape index (κ2) is 2.87. The molecule has 1 heterocycles. The van der Waals surface area contributed by atoms with E-state index in [0.717, 1.165) is 0 Å². The lowest BCUT2D eigenvalue weighted by molar-refractivity contribution is -0.332. The third kappa shape index (κ3) is 2.99. The molecule has 0 saturated heterocycles. The van der Waals surface area contributed by atoms with E-state index >= 15 is 0 Å². The topological polar surface area (TPSA) is 48.2 Å². The number of hydrogen-bond donors (Lipinski definition) is 0. The van der Waals surface area contributed by atoms with Crippen LogP contribution in [0.15, 0.2) is 4.42 Å². The fraction of sp³-hybridized carbons (Fsp3) is 0.500. The van der Waals surface area contributed by atoms with Gasteiger partial charge in [0.05, 0.1) is 0 Å². The van der Waals surface area contributed by atoms with E-state index in [1.54, 1.807) is 0 Å². The van der Waals surface area contributed by atoms with Gasteiger partial charge in [0.1, 0.15) is 6.61 Å². The first-order chi connectivity index (χ1) is 5.08. The van der Waals surface area contributed by atoms with Crippen LogP contribution in [0.1, 0.15) is 5.89 Å². The molecular formula is C4H2F3N2O2. The Kier molecular flexibility index (Phi) is 2.08. The molecule has 0 amide bonds. The Morgan fingerprint density at radius 1 is 1.55 bits per heavy atom. The highest BCUT2D eigenvalue weighted by Gasteiger charge is 2.29. The summed E-state index contributed by atoms with van der Waals surface area (Å²) >= 11 is 0. The molecule has 1 radical (unpaired) electrons. The monoisotopic (exact) mass is 167 g/mol. The van der Waals surface area contributed by atoms with Gasteiger partial charge < -0.3 is 4.42 Å². The minimum atomic E-state index is -4.67. The number of halogens is 3. The van der Waals surface area contributed by atoms with Crippen molar-refractivity contribution in [3.8, 4) is 0 Å². The first-order valence-corrected chi connectivity index (χ1v) is 2.47. The molecule has 0 spiro atoms. The van der Waals surface area contributed by atoms with Gasteiger partial charge in [-0.3, -0.25) is 4.74 Å². The lowest BCUT2D eigenvalue weighted by atomic mass is 10.7. The molecule has 0 atom stereocenters. The number of aromatic nitrogens is 2. The summed E-state index contributed by atoms with van der Waals surface area (Å²) < 4.78 is 41.6. The van der Waals surface area contributed by atoms with Crippen LogP contribution in [0.2, 0.25) is 0 Å². The van der Waals surface area contributed by atoms with Gasteiger partial charge in [-0.1, -0.05) is 0 Å². The number of nitrogens with zero attached hydrogens (tertiary/aromatic N) is 2. The fourth-order valence-electron chi connectivity index (χ4n) is 0.372. The molecule has 11 heavy (non-hydrogen) atoms. The first kappa shape index (κ1) is 7.99. The third-order valence-corrected chi connectivity index (χ3v) is 0.725. The molecule has 0 N–H and O–H groups in total. The zero-order valence-electron chi connectivity index (χ0n) is 5.05. The van der Waals surface area contributed by atoms with Crippen LogP contribution < -0.4 is 0 Å². The van der Waals surface area contributed by atoms with E-state index in [-0.39, 0.29) is 5.89 Å². The molecule has 7 heteroatoms. The van der Waals surface area contributed by atoms with Gasteiger partial charge in [0.2, 0.25) is 5.89 Å².